The van der Waals surface area contributed by atoms with Crippen LogP contribution in [-0.2, 0) is 0 Å². The van der Waals surface area contributed by atoms with Crippen LogP contribution in [-0.4, -0.2) is 15.8 Å². The van der Waals surface area contributed by atoms with Crippen molar-refractivity contribution in [2.75, 3.05) is 0 Å². The van der Waals surface area contributed by atoms with Crippen molar-refractivity contribution in [2.24, 2.45) is 0 Å². The molecule has 0 unspecified atom stereocenters. The summed E-state index contributed by atoms with van der Waals surface area (Å²) in [6.07, 6.45) is 1.76. The molecule has 0 saturated carbocycles. The zero-order chi connectivity index (χ0) is 14.4. The summed E-state index contributed by atoms with van der Waals surface area (Å²) < 4.78 is 0.793. The molecule has 0 atom stereocenters. The first kappa shape index (κ1) is 12.4. The van der Waals surface area contributed by atoms with Crippen molar-refractivity contribution < 1.29 is 4.79 Å². The van der Waals surface area contributed by atoms with Crippen LogP contribution in [0.3, 0.4) is 0 Å². The number of para-hydroxylation sites is 1. The van der Waals surface area contributed by atoms with Gasteiger partial charge in [-0.25, -0.2) is 0 Å². The minimum atomic E-state index is -0.0240. The van der Waals surface area contributed by atoms with Crippen LogP contribution < -0.4 is 0 Å². The van der Waals surface area contributed by atoms with Gasteiger partial charge in [0.1, 0.15) is 0 Å². The number of fused-ring (bicyclic) bond motifs is 3. The van der Waals surface area contributed by atoms with Gasteiger partial charge in [0.2, 0.25) is 5.78 Å². The molecule has 102 valence electrons. The molecule has 3 nitrogen and oxygen atoms in total. The fraction of sp³-hybridized carbons (Fsp3) is 0. The third-order valence-electron chi connectivity index (χ3n) is 3.70. The second kappa shape index (κ2) is 4.60. The number of ketones is 1. The third kappa shape index (κ3) is 1.83. The molecule has 2 aromatic heterocycles. The van der Waals surface area contributed by atoms with Gasteiger partial charge >= 0.3 is 0 Å². The highest BCUT2D eigenvalue weighted by molar-refractivity contribution is 9.10. The summed E-state index contributed by atoms with van der Waals surface area (Å²) in [5.41, 5.74) is 3.14. The van der Waals surface area contributed by atoms with Gasteiger partial charge in [0.25, 0.3) is 0 Å². The number of carbonyl (C=O) groups is 1. The van der Waals surface area contributed by atoms with E-state index in [0.717, 1.165) is 26.3 Å². The number of halogens is 1. The standard InChI is InChI=1S/C17H11BrN2O/c18-12-8-7-11-10-4-1-2-5-13(10)20-16(11)15(12)17(21)14-6-3-9-19-14/h1-9,19-20H. The third-order valence-corrected chi connectivity index (χ3v) is 4.36. The number of aromatic amines is 2. The highest BCUT2D eigenvalue weighted by atomic mass is 79.9. The predicted molar refractivity (Wildman–Crippen MR) is 87.7 cm³/mol. The molecule has 2 aromatic carbocycles. The van der Waals surface area contributed by atoms with Crippen molar-refractivity contribution in [3.05, 3.63) is 70.5 Å². The van der Waals surface area contributed by atoms with Crippen LogP contribution in [0.25, 0.3) is 21.8 Å². The maximum atomic E-state index is 12.7. The number of aromatic nitrogens is 2. The Balaban J connectivity index is 2.08. The molecule has 0 aliphatic heterocycles. The summed E-state index contributed by atoms with van der Waals surface area (Å²) >= 11 is 3.51. The van der Waals surface area contributed by atoms with E-state index in [0.29, 0.717) is 11.3 Å². The maximum Gasteiger partial charge on any atom is 0.212 e. The summed E-state index contributed by atoms with van der Waals surface area (Å²) in [6.45, 7) is 0. The van der Waals surface area contributed by atoms with Crippen molar-refractivity contribution >= 4 is 43.5 Å². The lowest BCUT2D eigenvalue weighted by molar-refractivity contribution is 0.103. The number of hydrogen-bond acceptors (Lipinski definition) is 1. The minimum Gasteiger partial charge on any atom is -0.359 e. The Kier molecular flexibility index (Phi) is 2.72. The highest BCUT2D eigenvalue weighted by Crippen LogP contribution is 2.32. The molecule has 0 aliphatic carbocycles. The van der Waals surface area contributed by atoms with Gasteiger partial charge < -0.3 is 9.97 Å². The Morgan fingerprint density at radius 3 is 2.62 bits per heavy atom. The first-order valence-electron chi connectivity index (χ1n) is 6.63. The first-order valence-corrected chi connectivity index (χ1v) is 7.42. The van der Waals surface area contributed by atoms with Crippen LogP contribution in [0.4, 0.5) is 0 Å². The molecule has 4 heteroatoms. The summed E-state index contributed by atoms with van der Waals surface area (Å²) in [6, 6.07) is 15.6. The Hall–Kier alpha value is -2.33. The molecule has 0 fully saturated rings. The molecule has 2 heterocycles. The van der Waals surface area contributed by atoms with Crippen molar-refractivity contribution in [1.82, 2.24) is 9.97 Å². The SMILES string of the molecule is O=C(c1ccc[nH]1)c1c(Br)ccc2c1[nH]c1ccccc12. The molecule has 0 saturated heterocycles. The Morgan fingerprint density at radius 2 is 1.81 bits per heavy atom. The maximum absolute atomic E-state index is 12.7. The van der Waals surface area contributed by atoms with Crippen LogP contribution in [0.15, 0.2) is 59.2 Å². The van der Waals surface area contributed by atoms with Gasteiger partial charge in [0.05, 0.1) is 16.8 Å². The summed E-state index contributed by atoms with van der Waals surface area (Å²) in [7, 11) is 0. The average molecular weight is 339 g/mol. The van der Waals surface area contributed by atoms with E-state index in [9.17, 15) is 4.79 Å². The Morgan fingerprint density at radius 1 is 0.952 bits per heavy atom. The number of carbonyl (C=O) groups excluding carboxylic acids is 1. The molecule has 0 bridgehead atoms. The molecule has 2 N–H and O–H groups in total. The van der Waals surface area contributed by atoms with Crippen LogP contribution in [0.5, 0.6) is 0 Å². The van der Waals surface area contributed by atoms with Gasteiger partial charge in [-0.1, -0.05) is 24.3 Å². The van der Waals surface area contributed by atoms with Crippen molar-refractivity contribution in [2.45, 2.75) is 0 Å². The van der Waals surface area contributed by atoms with E-state index in [1.54, 1.807) is 12.3 Å². The number of rotatable bonds is 2. The van der Waals surface area contributed by atoms with Crippen molar-refractivity contribution in [3.8, 4) is 0 Å². The fourth-order valence-corrected chi connectivity index (χ4v) is 3.23. The second-order valence-corrected chi connectivity index (χ2v) is 5.78. The van der Waals surface area contributed by atoms with Crippen LogP contribution >= 0.6 is 15.9 Å². The number of benzene rings is 2. The largest absolute Gasteiger partial charge is 0.359 e. The predicted octanol–water partition coefficient (Wildman–Crippen LogP) is 4.64. The number of H-pyrrole nitrogens is 2. The van der Waals surface area contributed by atoms with Gasteiger partial charge in [-0.2, -0.15) is 0 Å². The second-order valence-electron chi connectivity index (χ2n) is 4.93. The van der Waals surface area contributed by atoms with E-state index < -0.39 is 0 Å². The summed E-state index contributed by atoms with van der Waals surface area (Å²) in [5.74, 6) is -0.0240. The van der Waals surface area contributed by atoms with Crippen molar-refractivity contribution in [1.29, 1.82) is 0 Å². The quantitative estimate of drug-likeness (QED) is 0.514. The van der Waals surface area contributed by atoms with E-state index in [1.807, 2.05) is 36.4 Å². The monoisotopic (exact) mass is 338 g/mol. The zero-order valence-electron chi connectivity index (χ0n) is 11.0. The Bertz CT molecular complexity index is 967. The normalized spacial score (nSPS) is 11.3. The lowest BCUT2D eigenvalue weighted by Gasteiger charge is -2.04. The molecule has 0 aliphatic rings. The summed E-state index contributed by atoms with van der Waals surface area (Å²) in [4.78, 5) is 19.1. The lowest BCUT2D eigenvalue weighted by Crippen LogP contribution is -2.03. The average Bonchev–Trinajstić information content (AvgIpc) is 3.14. The van der Waals surface area contributed by atoms with Crippen molar-refractivity contribution in [3.63, 3.8) is 0 Å². The van der Waals surface area contributed by atoms with Crippen LogP contribution in [0.1, 0.15) is 16.1 Å². The van der Waals surface area contributed by atoms with E-state index >= 15 is 0 Å². The molecule has 0 radical (unpaired) electrons. The molecule has 0 spiro atoms. The Labute approximate surface area is 129 Å². The van der Waals surface area contributed by atoms with Gasteiger partial charge in [-0.3, -0.25) is 4.79 Å². The van der Waals surface area contributed by atoms with Crippen LogP contribution in [0.2, 0.25) is 0 Å². The molecule has 21 heavy (non-hydrogen) atoms. The van der Waals surface area contributed by atoms with Crippen LogP contribution in [0, 0.1) is 0 Å². The first-order chi connectivity index (χ1) is 10.3. The molecule has 4 rings (SSSR count). The summed E-state index contributed by atoms with van der Waals surface area (Å²) in [5, 5.41) is 2.18. The molecular formula is C17H11BrN2O. The topological polar surface area (TPSA) is 48.6 Å². The van der Waals surface area contributed by atoms with E-state index in [4.69, 9.17) is 0 Å². The zero-order valence-corrected chi connectivity index (χ0v) is 12.6. The van der Waals surface area contributed by atoms with Gasteiger partial charge in [0, 0.05) is 27.0 Å². The highest BCUT2D eigenvalue weighted by Gasteiger charge is 2.19. The van der Waals surface area contributed by atoms with Gasteiger partial charge in [-0.15, -0.1) is 0 Å². The van der Waals surface area contributed by atoms with E-state index in [1.165, 1.54) is 0 Å². The smallest absolute Gasteiger partial charge is 0.212 e. The minimum absolute atomic E-state index is 0.0240. The van der Waals surface area contributed by atoms with Gasteiger partial charge in [-0.05, 0) is 40.2 Å². The van der Waals surface area contributed by atoms with E-state index in [2.05, 4.69) is 32.0 Å². The fourth-order valence-electron chi connectivity index (χ4n) is 2.72. The molecule has 0 amide bonds. The number of nitrogens with one attached hydrogen (secondary N) is 2. The van der Waals surface area contributed by atoms with Gasteiger partial charge in [0.15, 0.2) is 0 Å². The van der Waals surface area contributed by atoms with E-state index in [-0.39, 0.29) is 5.78 Å². The number of hydrogen-bond donors (Lipinski definition) is 2. The molecule has 4 aromatic rings. The lowest BCUT2D eigenvalue weighted by atomic mass is 10.0. The molecular weight excluding hydrogens is 328 g/mol.